The standard InChI is InChI=1S/C24H21N3O4/c1-31-17-6-4-5-15(13-17)21-24(18-7-2-3-8-19(18)26-23(24)30)10-12-27(21)22(29)16-9-11-25-20(28)14-16/h2-9,11,13-14,21H,10,12H2,1H3,(H,25,28)(H,26,30). The smallest absolute Gasteiger partial charge is 0.254 e. The number of aromatic nitrogens is 1. The number of carbonyl (C=O) groups excluding carboxylic acids is 2. The molecule has 2 atom stereocenters. The van der Waals surface area contributed by atoms with Gasteiger partial charge in [-0.05, 0) is 41.8 Å². The molecule has 2 amide bonds. The number of nitrogens with one attached hydrogen (secondary N) is 2. The lowest BCUT2D eigenvalue weighted by atomic mass is 9.72. The molecule has 7 heteroatoms. The van der Waals surface area contributed by atoms with E-state index in [9.17, 15) is 14.4 Å². The molecule has 1 aromatic heterocycles. The Morgan fingerprint density at radius 3 is 2.74 bits per heavy atom. The zero-order valence-corrected chi connectivity index (χ0v) is 16.9. The van der Waals surface area contributed by atoms with Crippen molar-refractivity contribution in [3.8, 4) is 5.75 Å². The monoisotopic (exact) mass is 415 g/mol. The molecule has 2 aliphatic heterocycles. The Balaban J connectivity index is 1.69. The second kappa shape index (κ2) is 7.12. The predicted molar refractivity (Wildman–Crippen MR) is 115 cm³/mol. The van der Waals surface area contributed by atoms with Crippen LogP contribution in [-0.2, 0) is 10.2 Å². The number of rotatable bonds is 3. The number of para-hydroxylation sites is 1. The molecular weight excluding hydrogens is 394 g/mol. The molecule has 2 unspecified atom stereocenters. The van der Waals surface area contributed by atoms with Crippen LogP contribution in [0.3, 0.4) is 0 Å². The molecular formula is C24H21N3O4. The fourth-order valence-electron chi connectivity index (χ4n) is 4.92. The Labute approximate surface area is 178 Å². The van der Waals surface area contributed by atoms with Crippen LogP contribution in [0.15, 0.2) is 71.7 Å². The first-order valence-corrected chi connectivity index (χ1v) is 10.1. The Bertz CT molecular complexity index is 1250. The molecule has 3 aromatic rings. The summed E-state index contributed by atoms with van der Waals surface area (Å²) in [4.78, 5) is 43.0. The quantitative estimate of drug-likeness (QED) is 0.688. The number of hydrogen-bond donors (Lipinski definition) is 2. The number of benzene rings is 2. The molecule has 156 valence electrons. The third-order valence-corrected chi connectivity index (χ3v) is 6.28. The van der Waals surface area contributed by atoms with Crippen molar-refractivity contribution >= 4 is 17.5 Å². The topological polar surface area (TPSA) is 91.5 Å². The number of anilines is 1. The van der Waals surface area contributed by atoms with E-state index in [1.54, 1.807) is 18.1 Å². The maximum atomic E-state index is 13.5. The highest BCUT2D eigenvalue weighted by Gasteiger charge is 2.59. The molecule has 1 spiro atoms. The zero-order chi connectivity index (χ0) is 21.6. The third kappa shape index (κ3) is 2.84. The average molecular weight is 415 g/mol. The average Bonchev–Trinajstić information content (AvgIpc) is 3.32. The van der Waals surface area contributed by atoms with E-state index in [0.717, 1.165) is 16.8 Å². The van der Waals surface area contributed by atoms with Gasteiger partial charge < -0.3 is 19.9 Å². The summed E-state index contributed by atoms with van der Waals surface area (Å²) in [5.74, 6) is 0.241. The first-order chi connectivity index (χ1) is 15.0. The number of amides is 2. The molecule has 1 fully saturated rings. The number of likely N-dealkylation sites (tertiary alicyclic amines) is 1. The number of nitrogens with zero attached hydrogens (tertiary/aromatic N) is 1. The summed E-state index contributed by atoms with van der Waals surface area (Å²) in [6.45, 7) is 0.384. The van der Waals surface area contributed by atoms with Crippen LogP contribution in [0.2, 0.25) is 0 Å². The number of ether oxygens (including phenoxy) is 1. The van der Waals surface area contributed by atoms with E-state index < -0.39 is 11.5 Å². The van der Waals surface area contributed by atoms with Crippen LogP contribution in [0.5, 0.6) is 5.75 Å². The highest BCUT2D eigenvalue weighted by atomic mass is 16.5. The molecule has 0 bridgehead atoms. The molecule has 2 N–H and O–H groups in total. The van der Waals surface area contributed by atoms with Crippen LogP contribution in [-0.4, -0.2) is 35.4 Å². The molecule has 5 rings (SSSR count). The zero-order valence-electron chi connectivity index (χ0n) is 16.9. The molecule has 3 heterocycles. The molecule has 0 saturated carbocycles. The molecule has 7 nitrogen and oxygen atoms in total. The second-order valence-electron chi connectivity index (χ2n) is 7.84. The van der Waals surface area contributed by atoms with Gasteiger partial charge in [0.25, 0.3) is 5.91 Å². The number of methoxy groups -OCH3 is 1. The summed E-state index contributed by atoms with van der Waals surface area (Å²) < 4.78 is 5.41. The van der Waals surface area contributed by atoms with Gasteiger partial charge in [-0.2, -0.15) is 0 Å². The Morgan fingerprint density at radius 1 is 1.10 bits per heavy atom. The van der Waals surface area contributed by atoms with Gasteiger partial charge in [0, 0.05) is 30.1 Å². The number of fused-ring (bicyclic) bond motifs is 2. The van der Waals surface area contributed by atoms with E-state index >= 15 is 0 Å². The van der Waals surface area contributed by atoms with Gasteiger partial charge in [-0.3, -0.25) is 14.4 Å². The molecule has 0 aliphatic carbocycles. The minimum atomic E-state index is -0.917. The number of aromatic amines is 1. The number of hydrogen-bond acceptors (Lipinski definition) is 4. The number of carbonyl (C=O) groups is 2. The summed E-state index contributed by atoms with van der Waals surface area (Å²) >= 11 is 0. The summed E-state index contributed by atoms with van der Waals surface area (Å²) in [5, 5.41) is 3.00. The maximum Gasteiger partial charge on any atom is 0.254 e. The van der Waals surface area contributed by atoms with E-state index in [2.05, 4.69) is 10.3 Å². The van der Waals surface area contributed by atoms with Crippen molar-refractivity contribution in [2.75, 3.05) is 19.0 Å². The van der Waals surface area contributed by atoms with Crippen molar-refractivity contribution in [3.05, 3.63) is 93.9 Å². The first kappa shape index (κ1) is 19.1. The summed E-state index contributed by atoms with van der Waals surface area (Å²) in [5.41, 5.74) is 1.49. The normalized spacial score (nSPS) is 21.8. The van der Waals surface area contributed by atoms with E-state index in [0.29, 0.717) is 24.3 Å². The van der Waals surface area contributed by atoms with Crippen LogP contribution < -0.4 is 15.6 Å². The fourth-order valence-corrected chi connectivity index (χ4v) is 4.92. The predicted octanol–water partition coefficient (Wildman–Crippen LogP) is 2.86. The van der Waals surface area contributed by atoms with Gasteiger partial charge in [-0.15, -0.1) is 0 Å². The minimum Gasteiger partial charge on any atom is -0.497 e. The lowest BCUT2D eigenvalue weighted by Crippen LogP contribution is -2.42. The Hall–Kier alpha value is -3.87. The van der Waals surface area contributed by atoms with Gasteiger partial charge in [0.15, 0.2) is 0 Å². The number of pyridine rings is 1. The highest BCUT2D eigenvalue weighted by Crippen LogP contribution is 2.55. The molecule has 31 heavy (non-hydrogen) atoms. The van der Waals surface area contributed by atoms with Crippen molar-refractivity contribution in [3.63, 3.8) is 0 Å². The lowest BCUT2D eigenvalue weighted by molar-refractivity contribution is -0.121. The Morgan fingerprint density at radius 2 is 1.94 bits per heavy atom. The van der Waals surface area contributed by atoms with Crippen molar-refractivity contribution < 1.29 is 14.3 Å². The van der Waals surface area contributed by atoms with Crippen molar-refractivity contribution in [2.24, 2.45) is 0 Å². The lowest BCUT2D eigenvalue weighted by Gasteiger charge is -2.34. The van der Waals surface area contributed by atoms with Gasteiger partial charge in [0.05, 0.1) is 13.2 Å². The summed E-state index contributed by atoms with van der Waals surface area (Å²) in [6.07, 6.45) is 1.94. The maximum absolute atomic E-state index is 13.5. The van der Waals surface area contributed by atoms with Gasteiger partial charge in [-0.1, -0.05) is 30.3 Å². The van der Waals surface area contributed by atoms with Crippen molar-refractivity contribution in [2.45, 2.75) is 17.9 Å². The van der Waals surface area contributed by atoms with Crippen LogP contribution in [0.1, 0.15) is 33.9 Å². The van der Waals surface area contributed by atoms with E-state index in [4.69, 9.17) is 4.74 Å². The minimum absolute atomic E-state index is 0.122. The summed E-state index contributed by atoms with van der Waals surface area (Å²) in [7, 11) is 1.58. The molecule has 2 aliphatic rings. The van der Waals surface area contributed by atoms with Crippen LogP contribution in [0, 0.1) is 0 Å². The van der Waals surface area contributed by atoms with Gasteiger partial charge >= 0.3 is 0 Å². The van der Waals surface area contributed by atoms with E-state index in [-0.39, 0.29) is 17.4 Å². The Kier molecular flexibility index (Phi) is 4.39. The highest BCUT2D eigenvalue weighted by molar-refractivity contribution is 6.08. The van der Waals surface area contributed by atoms with Gasteiger partial charge in [0.2, 0.25) is 11.5 Å². The van der Waals surface area contributed by atoms with Crippen LogP contribution in [0.4, 0.5) is 5.69 Å². The SMILES string of the molecule is COc1cccc(C2N(C(=O)c3cc[nH]c(=O)c3)CCC23C(=O)Nc2ccccc23)c1. The van der Waals surface area contributed by atoms with Crippen LogP contribution >= 0.6 is 0 Å². The van der Waals surface area contributed by atoms with Gasteiger partial charge in [-0.25, -0.2) is 0 Å². The molecule has 1 saturated heterocycles. The van der Waals surface area contributed by atoms with Crippen molar-refractivity contribution in [1.82, 2.24) is 9.88 Å². The van der Waals surface area contributed by atoms with Gasteiger partial charge in [0.1, 0.15) is 11.2 Å². The number of H-pyrrole nitrogens is 1. The van der Waals surface area contributed by atoms with Crippen LogP contribution in [0.25, 0.3) is 0 Å². The van der Waals surface area contributed by atoms with Crippen molar-refractivity contribution in [1.29, 1.82) is 0 Å². The first-order valence-electron chi connectivity index (χ1n) is 10.1. The summed E-state index contributed by atoms with van der Waals surface area (Å²) in [6, 6.07) is 17.4. The van der Waals surface area contributed by atoms with E-state index in [1.165, 1.54) is 12.3 Å². The molecule has 0 radical (unpaired) electrons. The second-order valence-corrected chi connectivity index (χ2v) is 7.84. The third-order valence-electron chi connectivity index (χ3n) is 6.28. The largest absolute Gasteiger partial charge is 0.497 e. The van der Waals surface area contributed by atoms with E-state index in [1.807, 2.05) is 48.5 Å². The molecule has 2 aromatic carbocycles. The fraction of sp³-hybridized carbons (Fsp3) is 0.208.